The first-order valence-corrected chi connectivity index (χ1v) is 18.4. The molecular formula is C39H46F3N7O5. The summed E-state index contributed by atoms with van der Waals surface area (Å²) in [6, 6.07) is 12.5. The molecule has 288 valence electrons. The molecule has 15 heteroatoms. The van der Waals surface area contributed by atoms with Gasteiger partial charge in [0.15, 0.2) is 5.79 Å². The van der Waals surface area contributed by atoms with Gasteiger partial charge in [-0.25, -0.2) is 15.0 Å². The molecule has 3 aromatic heterocycles. The number of fused-ring (bicyclic) bond motifs is 3. The maximum absolute atomic E-state index is 12.7. The zero-order chi connectivity index (χ0) is 37.8. The van der Waals surface area contributed by atoms with Gasteiger partial charge < -0.3 is 43.5 Å². The molecule has 1 saturated heterocycles. The Morgan fingerprint density at radius 3 is 2.57 bits per heavy atom. The lowest BCUT2D eigenvalue weighted by atomic mass is 9.76. The molecule has 3 aliphatic rings. The zero-order valence-electron chi connectivity index (χ0n) is 31.0. The predicted octanol–water partition coefficient (Wildman–Crippen LogP) is 7.26. The highest BCUT2D eigenvalue weighted by molar-refractivity contribution is 5.87. The van der Waals surface area contributed by atoms with Crippen LogP contribution in [0, 0.1) is 11.8 Å². The number of ether oxygens (including phenoxy) is 5. The molecule has 0 amide bonds. The summed E-state index contributed by atoms with van der Waals surface area (Å²) >= 11 is 0. The van der Waals surface area contributed by atoms with E-state index < -0.39 is 12.1 Å². The number of aromatic amines is 1. The van der Waals surface area contributed by atoms with E-state index in [4.69, 9.17) is 23.9 Å². The number of methoxy groups -OCH3 is 2. The molecule has 4 heterocycles. The number of imidazole rings is 1. The Labute approximate surface area is 311 Å². The van der Waals surface area contributed by atoms with Crippen molar-refractivity contribution in [3.63, 3.8) is 0 Å². The molecule has 12 nitrogen and oxygen atoms in total. The van der Waals surface area contributed by atoms with Crippen molar-refractivity contribution in [1.29, 1.82) is 0 Å². The van der Waals surface area contributed by atoms with Gasteiger partial charge in [0.25, 0.3) is 0 Å². The summed E-state index contributed by atoms with van der Waals surface area (Å²) in [5.74, 6) is 2.88. The van der Waals surface area contributed by atoms with Crippen molar-refractivity contribution < 1.29 is 36.9 Å². The first kappa shape index (κ1) is 36.4. The van der Waals surface area contributed by atoms with Crippen LogP contribution in [0.3, 0.4) is 0 Å². The molecule has 4 unspecified atom stereocenters. The van der Waals surface area contributed by atoms with E-state index in [1.165, 1.54) is 12.1 Å². The van der Waals surface area contributed by atoms with E-state index in [0.29, 0.717) is 29.5 Å². The molecule has 0 radical (unpaired) electrons. The third-order valence-corrected chi connectivity index (χ3v) is 11.2. The van der Waals surface area contributed by atoms with Crippen LogP contribution in [0.25, 0.3) is 22.1 Å². The van der Waals surface area contributed by atoms with E-state index in [1.807, 2.05) is 32.0 Å². The minimum Gasteiger partial charge on any atom is -0.497 e. The number of aromatic nitrogens is 5. The second-order valence-corrected chi connectivity index (χ2v) is 15.2. The van der Waals surface area contributed by atoms with Crippen molar-refractivity contribution in [3.05, 3.63) is 66.4 Å². The molecule has 5 aromatic rings. The molecule has 1 aliphatic heterocycles. The summed E-state index contributed by atoms with van der Waals surface area (Å²) in [6.45, 7) is 5.39. The van der Waals surface area contributed by atoms with E-state index in [0.717, 1.165) is 78.4 Å². The van der Waals surface area contributed by atoms with Gasteiger partial charge in [-0.1, -0.05) is 0 Å². The van der Waals surface area contributed by atoms with Crippen LogP contribution in [0.15, 0.2) is 55.0 Å². The van der Waals surface area contributed by atoms with Gasteiger partial charge in [-0.15, -0.1) is 13.2 Å². The highest BCUT2D eigenvalue weighted by Gasteiger charge is 2.55. The lowest BCUT2D eigenvalue weighted by Crippen LogP contribution is -2.46. The second-order valence-electron chi connectivity index (χ2n) is 15.2. The lowest BCUT2D eigenvalue weighted by Gasteiger charge is -2.42. The van der Waals surface area contributed by atoms with Gasteiger partial charge in [0.2, 0.25) is 0 Å². The summed E-state index contributed by atoms with van der Waals surface area (Å²) in [6.07, 6.45) is 3.58. The number of nitrogens with one attached hydrogen (secondary N) is 2. The van der Waals surface area contributed by atoms with Crippen molar-refractivity contribution in [2.24, 2.45) is 11.8 Å². The highest BCUT2D eigenvalue weighted by Crippen LogP contribution is 2.49. The molecule has 2 saturated carbocycles. The molecule has 2 aliphatic carbocycles. The summed E-state index contributed by atoms with van der Waals surface area (Å²) in [7, 11) is 5.49. The van der Waals surface area contributed by atoms with Crippen LogP contribution in [0.4, 0.5) is 19.0 Å². The molecule has 2 aromatic carbocycles. The van der Waals surface area contributed by atoms with Crippen LogP contribution < -0.4 is 19.5 Å². The van der Waals surface area contributed by atoms with Gasteiger partial charge in [0, 0.05) is 55.4 Å². The fourth-order valence-electron chi connectivity index (χ4n) is 8.58. The number of halogens is 3. The third kappa shape index (κ3) is 7.40. The van der Waals surface area contributed by atoms with Crippen LogP contribution in [-0.2, 0) is 22.4 Å². The van der Waals surface area contributed by atoms with Crippen molar-refractivity contribution in [3.8, 4) is 17.2 Å². The molecule has 4 atom stereocenters. The summed E-state index contributed by atoms with van der Waals surface area (Å²) in [5.41, 5.74) is 3.00. The van der Waals surface area contributed by atoms with Crippen molar-refractivity contribution >= 4 is 27.9 Å². The largest absolute Gasteiger partial charge is 0.573 e. The van der Waals surface area contributed by atoms with Gasteiger partial charge in [0.05, 0.1) is 42.8 Å². The van der Waals surface area contributed by atoms with Crippen molar-refractivity contribution in [2.75, 3.05) is 33.1 Å². The Kier molecular flexibility index (Phi) is 9.59. The third-order valence-electron chi connectivity index (χ3n) is 11.2. The molecule has 0 bridgehead atoms. The smallest absolute Gasteiger partial charge is 0.497 e. The standard InChI is InChI=1S/C39H46F3N7O5/c1-38(2)53-34-24(20-48(3)25-14-22(15-25)6-11-33-46-29-10-9-27(17-30(29)47-33)52-39(40,41)42)16-31(35(34)54-38)49-13-12-28-36(44-21-45-37(28)49)43-19-23-7-8-26(50-4)18-32(23)51-5/h7-10,12-13,17-18,21-22,24-25,31,34-35H,6,11,14-16,19-20H2,1-5H3,(H,46,47)(H,43,44,45). The van der Waals surface area contributed by atoms with E-state index in [2.05, 4.69) is 53.8 Å². The number of rotatable bonds is 13. The van der Waals surface area contributed by atoms with E-state index in [9.17, 15) is 13.2 Å². The molecule has 3 fully saturated rings. The summed E-state index contributed by atoms with van der Waals surface area (Å²) < 4.78 is 68.3. The fraction of sp³-hybridized carbons (Fsp3) is 0.513. The van der Waals surface area contributed by atoms with E-state index in [-0.39, 0.29) is 29.9 Å². The normalized spacial score (nSPS) is 24.9. The fourth-order valence-corrected chi connectivity index (χ4v) is 8.58. The number of hydrogen-bond donors (Lipinski definition) is 2. The number of nitrogens with zero attached hydrogens (tertiary/aromatic N) is 5. The first-order valence-electron chi connectivity index (χ1n) is 18.4. The Balaban J connectivity index is 0.892. The van der Waals surface area contributed by atoms with Crippen molar-refractivity contribution in [1.82, 2.24) is 29.4 Å². The summed E-state index contributed by atoms with van der Waals surface area (Å²) in [5, 5.41) is 4.42. The topological polar surface area (TPSA) is 121 Å². The number of anilines is 1. The zero-order valence-corrected chi connectivity index (χ0v) is 31.0. The van der Waals surface area contributed by atoms with Gasteiger partial charge in [-0.05, 0) is 82.8 Å². The Morgan fingerprint density at radius 2 is 1.80 bits per heavy atom. The second kappa shape index (κ2) is 14.2. The average Bonchev–Trinajstić information content (AvgIpc) is 3.87. The number of H-pyrrole nitrogens is 1. The number of alkyl halides is 3. The van der Waals surface area contributed by atoms with Crippen molar-refractivity contribution in [2.45, 2.75) is 88.9 Å². The van der Waals surface area contributed by atoms with Gasteiger partial charge in [-0.2, -0.15) is 0 Å². The monoisotopic (exact) mass is 749 g/mol. The maximum Gasteiger partial charge on any atom is 0.573 e. The SMILES string of the molecule is COc1ccc(CNc2ncnc3c2ccn3C2CC(CN(C)C3CC(CCc4nc5ccc(OC(F)(F)F)cc5[nH]4)C3)C3OC(C)(C)OC32)c(OC)c1. The van der Waals surface area contributed by atoms with Gasteiger partial charge in [0.1, 0.15) is 47.0 Å². The van der Waals surface area contributed by atoms with Crippen LogP contribution in [0.1, 0.15) is 57.0 Å². The van der Waals surface area contributed by atoms with Gasteiger partial charge >= 0.3 is 6.36 Å². The Morgan fingerprint density at radius 1 is 1.00 bits per heavy atom. The molecular weight excluding hydrogens is 703 g/mol. The maximum atomic E-state index is 12.7. The van der Waals surface area contributed by atoms with Gasteiger partial charge in [-0.3, -0.25) is 0 Å². The van der Waals surface area contributed by atoms with E-state index >= 15 is 0 Å². The highest BCUT2D eigenvalue weighted by atomic mass is 19.4. The Hall–Kier alpha value is -4.60. The minimum atomic E-state index is -4.73. The molecule has 0 spiro atoms. The first-order chi connectivity index (χ1) is 25.9. The average molecular weight is 750 g/mol. The number of benzene rings is 2. The van der Waals surface area contributed by atoms with Crippen LogP contribution in [-0.4, -0.2) is 87.6 Å². The minimum absolute atomic E-state index is 0.0436. The summed E-state index contributed by atoms with van der Waals surface area (Å²) in [4.78, 5) is 19.5. The lowest BCUT2D eigenvalue weighted by molar-refractivity contribution is -0.274. The number of aryl methyl sites for hydroxylation is 1. The number of hydrogen-bond acceptors (Lipinski definition) is 10. The van der Waals surface area contributed by atoms with Crippen LogP contribution in [0.5, 0.6) is 17.2 Å². The van der Waals surface area contributed by atoms with Crippen LogP contribution in [0.2, 0.25) is 0 Å². The van der Waals surface area contributed by atoms with E-state index in [1.54, 1.807) is 26.6 Å². The predicted molar refractivity (Wildman–Crippen MR) is 196 cm³/mol. The molecule has 2 N–H and O–H groups in total. The molecule has 54 heavy (non-hydrogen) atoms. The Bertz CT molecular complexity index is 2110. The quantitative estimate of drug-likeness (QED) is 0.127. The molecule has 8 rings (SSSR count). The van der Waals surface area contributed by atoms with Crippen LogP contribution >= 0.6 is 0 Å².